The van der Waals surface area contributed by atoms with Crippen LogP contribution >= 0.6 is 0 Å². The number of hydrogen-bond donors (Lipinski definition) is 1. The Morgan fingerprint density at radius 1 is 1.03 bits per heavy atom. The standard InChI is InChI=1S/C25H31NO5/c1-16(2)26(22(23(27)28)14-25(3,4)30-5)24(29)31-15-21-19-12-8-6-10-17(19)18-11-7-9-13-20(18)21/h6-13,16,21-22H,14-15H2,1-5H3,(H,27,28). The van der Waals surface area contributed by atoms with Crippen LogP contribution in [0.15, 0.2) is 48.5 Å². The minimum Gasteiger partial charge on any atom is -0.480 e. The van der Waals surface area contributed by atoms with E-state index in [-0.39, 0.29) is 25.0 Å². The van der Waals surface area contributed by atoms with Crippen LogP contribution in [0.25, 0.3) is 11.1 Å². The zero-order valence-corrected chi connectivity index (χ0v) is 18.8. The van der Waals surface area contributed by atoms with Crippen molar-refractivity contribution in [1.29, 1.82) is 0 Å². The molecule has 1 aliphatic carbocycles. The molecular weight excluding hydrogens is 394 g/mol. The number of benzene rings is 2. The van der Waals surface area contributed by atoms with Crippen molar-refractivity contribution >= 4 is 12.1 Å². The van der Waals surface area contributed by atoms with Gasteiger partial charge in [-0.3, -0.25) is 4.90 Å². The lowest BCUT2D eigenvalue weighted by Gasteiger charge is -2.36. The molecule has 3 rings (SSSR count). The van der Waals surface area contributed by atoms with Gasteiger partial charge in [-0.25, -0.2) is 9.59 Å². The van der Waals surface area contributed by atoms with E-state index in [2.05, 4.69) is 24.3 Å². The van der Waals surface area contributed by atoms with E-state index in [0.717, 1.165) is 22.3 Å². The van der Waals surface area contributed by atoms with E-state index in [0.29, 0.717) is 0 Å². The Morgan fingerprint density at radius 2 is 1.55 bits per heavy atom. The van der Waals surface area contributed by atoms with Crippen LogP contribution in [0.1, 0.15) is 51.2 Å². The van der Waals surface area contributed by atoms with E-state index < -0.39 is 23.7 Å². The molecule has 0 heterocycles. The zero-order valence-electron chi connectivity index (χ0n) is 18.8. The molecule has 0 radical (unpaired) electrons. The average molecular weight is 426 g/mol. The lowest BCUT2D eigenvalue weighted by Crippen LogP contribution is -2.52. The summed E-state index contributed by atoms with van der Waals surface area (Å²) in [4.78, 5) is 26.4. The second-order valence-electron chi connectivity index (χ2n) is 8.83. The molecule has 0 saturated heterocycles. The van der Waals surface area contributed by atoms with Gasteiger partial charge in [0.25, 0.3) is 0 Å². The predicted octanol–water partition coefficient (Wildman–Crippen LogP) is 4.91. The van der Waals surface area contributed by atoms with Crippen LogP contribution in [0.2, 0.25) is 0 Å². The fraction of sp³-hybridized carbons (Fsp3) is 0.440. The molecule has 1 unspecified atom stereocenters. The number of hydrogen-bond acceptors (Lipinski definition) is 4. The van der Waals surface area contributed by atoms with Gasteiger partial charge in [-0.2, -0.15) is 0 Å². The molecule has 6 heteroatoms. The van der Waals surface area contributed by atoms with Gasteiger partial charge in [0.1, 0.15) is 12.6 Å². The van der Waals surface area contributed by atoms with E-state index in [4.69, 9.17) is 9.47 Å². The minimum absolute atomic E-state index is 0.0796. The topological polar surface area (TPSA) is 76.1 Å². The maximum atomic E-state index is 13.1. The smallest absolute Gasteiger partial charge is 0.410 e. The van der Waals surface area contributed by atoms with Crippen molar-refractivity contribution in [1.82, 2.24) is 4.90 Å². The van der Waals surface area contributed by atoms with Gasteiger partial charge in [-0.15, -0.1) is 0 Å². The summed E-state index contributed by atoms with van der Waals surface area (Å²) < 4.78 is 11.1. The Bertz CT molecular complexity index is 907. The lowest BCUT2D eigenvalue weighted by molar-refractivity contribution is -0.146. The molecule has 1 N–H and O–H groups in total. The van der Waals surface area contributed by atoms with Crippen LogP contribution in [0.5, 0.6) is 0 Å². The number of carbonyl (C=O) groups is 2. The molecular formula is C25H31NO5. The third-order valence-corrected chi connectivity index (χ3v) is 5.96. The highest BCUT2D eigenvalue weighted by Gasteiger charge is 2.38. The fourth-order valence-corrected chi connectivity index (χ4v) is 4.22. The SMILES string of the molecule is COC(C)(C)CC(C(=O)O)N(C(=O)OCC1c2ccccc2-c2ccccc21)C(C)C. The van der Waals surface area contributed by atoms with Gasteiger partial charge in [-0.05, 0) is 49.9 Å². The molecule has 166 valence electrons. The highest BCUT2D eigenvalue weighted by molar-refractivity contribution is 5.81. The zero-order chi connectivity index (χ0) is 22.8. The molecule has 1 amide bonds. The third-order valence-electron chi connectivity index (χ3n) is 5.96. The molecule has 1 atom stereocenters. The first-order valence-electron chi connectivity index (χ1n) is 10.6. The third kappa shape index (κ3) is 4.74. The molecule has 2 aromatic rings. The van der Waals surface area contributed by atoms with Crippen LogP contribution in [-0.4, -0.2) is 53.5 Å². The number of ether oxygens (including phenoxy) is 2. The molecule has 0 aliphatic heterocycles. The van der Waals surface area contributed by atoms with Crippen molar-refractivity contribution < 1.29 is 24.2 Å². The quantitative estimate of drug-likeness (QED) is 0.650. The Kier molecular flexibility index (Phi) is 6.70. The summed E-state index contributed by atoms with van der Waals surface area (Å²) in [5.41, 5.74) is 3.82. The minimum atomic E-state index is -1.08. The Balaban J connectivity index is 1.81. The van der Waals surface area contributed by atoms with Gasteiger partial charge in [0.05, 0.1) is 5.60 Å². The van der Waals surface area contributed by atoms with Crippen LogP contribution in [0.3, 0.4) is 0 Å². The van der Waals surface area contributed by atoms with E-state index in [9.17, 15) is 14.7 Å². The molecule has 0 saturated carbocycles. The summed E-state index contributed by atoms with van der Waals surface area (Å²) in [5.74, 6) is -1.16. The first-order chi connectivity index (χ1) is 14.7. The molecule has 31 heavy (non-hydrogen) atoms. The maximum absolute atomic E-state index is 13.1. The predicted molar refractivity (Wildman–Crippen MR) is 119 cm³/mol. The van der Waals surface area contributed by atoms with E-state index >= 15 is 0 Å². The van der Waals surface area contributed by atoms with E-state index in [1.165, 1.54) is 12.0 Å². The molecule has 0 bridgehead atoms. The Morgan fingerprint density at radius 3 is 2.00 bits per heavy atom. The number of fused-ring (bicyclic) bond motifs is 3. The summed E-state index contributed by atoms with van der Waals surface area (Å²) >= 11 is 0. The molecule has 0 aromatic heterocycles. The van der Waals surface area contributed by atoms with Crippen molar-refractivity contribution in [3.8, 4) is 11.1 Å². The van der Waals surface area contributed by atoms with Crippen molar-refractivity contribution in [2.75, 3.05) is 13.7 Å². The van der Waals surface area contributed by atoms with Gasteiger partial charge in [0.2, 0.25) is 0 Å². The number of nitrogens with zero attached hydrogens (tertiary/aromatic N) is 1. The first kappa shape index (κ1) is 22.8. The first-order valence-corrected chi connectivity index (χ1v) is 10.6. The van der Waals surface area contributed by atoms with Crippen LogP contribution < -0.4 is 0 Å². The number of carboxylic acids is 1. The van der Waals surface area contributed by atoms with Gasteiger partial charge >= 0.3 is 12.1 Å². The van der Waals surface area contributed by atoms with Gasteiger partial charge in [-0.1, -0.05) is 48.5 Å². The van der Waals surface area contributed by atoms with Crippen molar-refractivity contribution in [2.45, 2.75) is 57.7 Å². The Hall–Kier alpha value is -2.86. The van der Waals surface area contributed by atoms with Crippen molar-refractivity contribution in [2.24, 2.45) is 0 Å². The molecule has 1 aliphatic rings. The van der Waals surface area contributed by atoms with Crippen LogP contribution in [0, 0.1) is 0 Å². The summed E-state index contributed by atoms with van der Waals surface area (Å²) in [5, 5.41) is 9.84. The van der Waals surface area contributed by atoms with E-state index in [1.54, 1.807) is 27.7 Å². The van der Waals surface area contributed by atoms with Crippen molar-refractivity contribution in [3.63, 3.8) is 0 Å². The van der Waals surface area contributed by atoms with Crippen molar-refractivity contribution in [3.05, 3.63) is 59.7 Å². The van der Waals surface area contributed by atoms with Crippen LogP contribution in [0.4, 0.5) is 4.79 Å². The van der Waals surface area contributed by atoms with Gasteiger partial charge < -0.3 is 14.6 Å². The maximum Gasteiger partial charge on any atom is 0.410 e. The average Bonchev–Trinajstić information content (AvgIpc) is 3.05. The molecule has 2 aromatic carbocycles. The monoisotopic (exact) mass is 425 g/mol. The summed E-state index contributed by atoms with van der Waals surface area (Å²) in [6.07, 6.45) is -0.475. The highest BCUT2D eigenvalue weighted by atomic mass is 16.6. The van der Waals surface area contributed by atoms with Crippen LogP contribution in [-0.2, 0) is 14.3 Å². The number of rotatable bonds is 8. The molecule has 0 spiro atoms. The fourth-order valence-electron chi connectivity index (χ4n) is 4.22. The summed E-state index contributed by atoms with van der Waals surface area (Å²) in [7, 11) is 1.53. The number of methoxy groups -OCH3 is 1. The normalized spacial score (nSPS) is 14.1. The van der Waals surface area contributed by atoms with Gasteiger partial charge in [0.15, 0.2) is 0 Å². The summed E-state index contributed by atoms with van der Waals surface area (Å²) in [6.45, 7) is 7.34. The largest absolute Gasteiger partial charge is 0.480 e. The number of carbonyl (C=O) groups excluding carboxylic acids is 1. The summed E-state index contributed by atoms with van der Waals surface area (Å²) in [6, 6.07) is 14.8. The highest BCUT2D eigenvalue weighted by Crippen LogP contribution is 2.44. The van der Waals surface area contributed by atoms with Gasteiger partial charge in [0, 0.05) is 25.5 Å². The van der Waals surface area contributed by atoms with E-state index in [1.807, 2.05) is 24.3 Å². The molecule has 0 fully saturated rings. The lowest BCUT2D eigenvalue weighted by atomic mass is 9.97. The number of amides is 1. The number of aliphatic carboxylic acids is 1. The second kappa shape index (κ2) is 9.10. The molecule has 6 nitrogen and oxygen atoms in total. The number of carboxylic acid groups (broad SMARTS) is 1. The Labute approximate surface area is 183 Å². The second-order valence-corrected chi connectivity index (χ2v) is 8.83.